The molecule has 1 fully saturated rings. The predicted octanol–water partition coefficient (Wildman–Crippen LogP) is 5.68. The first-order chi connectivity index (χ1) is 13.3. The van der Waals surface area contributed by atoms with E-state index in [2.05, 4.69) is 11.4 Å². The van der Waals surface area contributed by atoms with E-state index in [1.807, 2.05) is 13.8 Å². The van der Waals surface area contributed by atoms with E-state index in [1.165, 1.54) is 17.7 Å². The minimum atomic E-state index is -1.32. The Balaban J connectivity index is 1.59. The predicted molar refractivity (Wildman–Crippen MR) is 103 cm³/mol. The summed E-state index contributed by atoms with van der Waals surface area (Å²) in [4.78, 5) is 12.3. The number of alkyl halides is 1. The summed E-state index contributed by atoms with van der Waals surface area (Å²) in [5.41, 5.74) is 4.55. The quantitative estimate of drug-likeness (QED) is 0.718. The van der Waals surface area contributed by atoms with Crippen LogP contribution in [0.2, 0.25) is 0 Å². The number of rotatable bonds is 4. The molecule has 0 radical (unpaired) electrons. The summed E-state index contributed by atoms with van der Waals surface area (Å²) in [5.74, 6) is -1.84. The van der Waals surface area contributed by atoms with Gasteiger partial charge < -0.3 is 5.32 Å². The largest absolute Gasteiger partial charge is 0.325 e. The third-order valence-corrected chi connectivity index (χ3v) is 6.16. The van der Waals surface area contributed by atoms with Crippen molar-refractivity contribution in [3.8, 4) is 0 Å². The molecule has 1 unspecified atom stereocenters. The highest BCUT2D eigenvalue weighted by atomic mass is 19.2. The van der Waals surface area contributed by atoms with Gasteiger partial charge in [-0.05, 0) is 91.8 Å². The molecule has 0 aliphatic heterocycles. The van der Waals surface area contributed by atoms with Gasteiger partial charge in [0.05, 0.1) is 6.42 Å². The molecular formula is C23H24F3NO. The number of halogens is 3. The molecule has 1 amide bonds. The van der Waals surface area contributed by atoms with Crippen LogP contribution in [-0.2, 0) is 17.6 Å². The highest BCUT2D eigenvalue weighted by Crippen LogP contribution is 2.43. The molecule has 2 aliphatic rings. The third kappa shape index (κ3) is 3.67. The molecule has 5 heteroatoms. The molecule has 28 heavy (non-hydrogen) atoms. The average Bonchev–Trinajstić information content (AvgIpc) is 3.37. The van der Waals surface area contributed by atoms with Gasteiger partial charge in [-0.2, -0.15) is 0 Å². The van der Waals surface area contributed by atoms with Crippen molar-refractivity contribution < 1.29 is 18.0 Å². The van der Waals surface area contributed by atoms with Crippen molar-refractivity contribution in [2.75, 3.05) is 5.32 Å². The second-order valence-electron chi connectivity index (χ2n) is 8.32. The Labute approximate surface area is 163 Å². The molecule has 0 saturated heterocycles. The Morgan fingerprint density at radius 1 is 1.18 bits per heavy atom. The lowest BCUT2D eigenvalue weighted by Gasteiger charge is -2.29. The molecule has 4 rings (SSSR count). The van der Waals surface area contributed by atoms with Crippen molar-refractivity contribution in [1.29, 1.82) is 0 Å². The maximum Gasteiger partial charge on any atom is 0.227 e. The second-order valence-corrected chi connectivity index (χ2v) is 8.32. The van der Waals surface area contributed by atoms with E-state index in [-0.39, 0.29) is 18.2 Å². The minimum Gasteiger partial charge on any atom is -0.325 e. The summed E-state index contributed by atoms with van der Waals surface area (Å²) in [6.07, 6.45) is 3.25. The van der Waals surface area contributed by atoms with Gasteiger partial charge in [0.1, 0.15) is 5.67 Å². The Hall–Kier alpha value is -2.30. The number of amides is 1. The summed E-state index contributed by atoms with van der Waals surface area (Å²) in [6, 6.07) is 6.20. The molecule has 0 aromatic heterocycles. The number of fused-ring (bicyclic) bond motifs is 1. The molecule has 2 aliphatic carbocycles. The van der Waals surface area contributed by atoms with E-state index < -0.39 is 17.3 Å². The highest BCUT2D eigenvalue weighted by molar-refractivity contribution is 5.93. The minimum absolute atomic E-state index is 0.0968. The monoisotopic (exact) mass is 387 g/mol. The lowest BCUT2D eigenvalue weighted by Crippen LogP contribution is -2.21. The van der Waals surface area contributed by atoms with Gasteiger partial charge in [-0.1, -0.05) is 12.1 Å². The maximum atomic E-state index is 13.9. The number of hydrogen-bond acceptors (Lipinski definition) is 1. The van der Waals surface area contributed by atoms with Crippen molar-refractivity contribution in [3.63, 3.8) is 0 Å². The van der Waals surface area contributed by atoms with Crippen molar-refractivity contribution >= 4 is 11.6 Å². The van der Waals surface area contributed by atoms with E-state index in [4.69, 9.17) is 0 Å². The van der Waals surface area contributed by atoms with Crippen molar-refractivity contribution in [3.05, 3.63) is 63.7 Å². The molecule has 148 valence electrons. The number of carbonyl (C=O) groups is 1. The molecule has 2 aromatic rings. The lowest BCUT2D eigenvalue weighted by atomic mass is 9.77. The first-order valence-corrected chi connectivity index (χ1v) is 9.81. The number of aryl methyl sites for hydroxylation is 2. The molecule has 0 heterocycles. The maximum absolute atomic E-state index is 13.9. The molecule has 2 aromatic carbocycles. The number of anilines is 1. The van der Waals surface area contributed by atoms with Crippen LogP contribution in [0, 0.1) is 25.5 Å². The fourth-order valence-corrected chi connectivity index (χ4v) is 4.32. The van der Waals surface area contributed by atoms with E-state index in [0.717, 1.165) is 40.8 Å². The van der Waals surface area contributed by atoms with E-state index in [1.54, 1.807) is 6.07 Å². The summed E-state index contributed by atoms with van der Waals surface area (Å²) < 4.78 is 40.8. The summed E-state index contributed by atoms with van der Waals surface area (Å²) in [5, 5.41) is 2.91. The molecular weight excluding hydrogens is 363 g/mol. The van der Waals surface area contributed by atoms with Gasteiger partial charge in [-0.15, -0.1) is 0 Å². The molecule has 1 saturated carbocycles. The first-order valence-electron chi connectivity index (χ1n) is 9.81. The van der Waals surface area contributed by atoms with Crippen LogP contribution in [0.5, 0.6) is 0 Å². The first kappa shape index (κ1) is 19.0. The summed E-state index contributed by atoms with van der Waals surface area (Å²) in [7, 11) is 0. The van der Waals surface area contributed by atoms with Crippen molar-refractivity contribution in [1.82, 2.24) is 0 Å². The summed E-state index contributed by atoms with van der Waals surface area (Å²) in [6.45, 7) is 3.92. The van der Waals surface area contributed by atoms with Crippen molar-refractivity contribution in [2.45, 2.75) is 64.0 Å². The van der Waals surface area contributed by atoms with Gasteiger partial charge in [0.25, 0.3) is 0 Å². The highest BCUT2D eigenvalue weighted by Gasteiger charge is 2.45. The zero-order chi connectivity index (χ0) is 20.1. The smallest absolute Gasteiger partial charge is 0.227 e. The number of nitrogens with one attached hydrogen (secondary N) is 1. The Morgan fingerprint density at radius 3 is 2.61 bits per heavy atom. The SMILES string of the molecule is Cc1cc2c(c(C)c1NC(=O)CC1(F)CC1)CC(c1ccc(F)c(F)c1)CC2. The Kier molecular flexibility index (Phi) is 4.72. The Morgan fingerprint density at radius 2 is 1.93 bits per heavy atom. The molecule has 2 nitrogen and oxygen atoms in total. The molecule has 0 bridgehead atoms. The number of benzene rings is 2. The van der Waals surface area contributed by atoms with E-state index in [9.17, 15) is 18.0 Å². The summed E-state index contributed by atoms with van der Waals surface area (Å²) >= 11 is 0. The standard InChI is InChI=1S/C23H24F3NO/c1-13-9-17-4-3-15(16-5-6-19(24)20(25)11-16)10-18(17)14(2)22(13)27-21(28)12-23(26)7-8-23/h5-6,9,11,15H,3-4,7-8,10,12H2,1-2H3,(H,27,28). The van der Waals surface area contributed by atoms with Crippen LogP contribution in [0.3, 0.4) is 0 Å². The van der Waals surface area contributed by atoms with Gasteiger partial charge in [-0.3, -0.25) is 4.79 Å². The topological polar surface area (TPSA) is 29.1 Å². The van der Waals surface area contributed by atoms with Gasteiger partial charge in [0.2, 0.25) is 5.91 Å². The van der Waals surface area contributed by atoms with Crippen LogP contribution in [0.4, 0.5) is 18.9 Å². The Bertz CT molecular complexity index is 949. The average molecular weight is 387 g/mol. The van der Waals surface area contributed by atoms with Gasteiger partial charge in [-0.25, -0.2) is 13.2 Å². The van der Waals surface area contributed by atoms with Crippen LogP contribution < -0.4 is 5.32 Å². The molecule has 0 spiro atoms. The normalized spacial score (nSPS) is 19.8. The molecule has 1 N–H and O–H groups in total. The van der Waals surface area contributed by atoms with E-state index in [0.29, 0.717) is 19.3 Å². The zero-order valence-corrected chi connectivity index (χ0v) is 16.2. The van der Waals surface area contributed by atoms with Gasteiger partial charge >= 0.3 is 0 Å². The fourth-order valence-electron chi connectivity index (χ4n) is 4.32. The van der Waals surface area contributed by atoms with Crippen LogP contribution in [0.25, 0.3) is 0 Å². The number of carbonyl (C=O) groups excluding carboxylic acids is 1. The van der Waals surface area contributed by atoms with Crippen molar-refractivity contribution in [2.24, 2.45) is 0 Å². The molecule has 1 atom stereocenters. The number of hydrogen-bond donors (Lipinski definition) is 1. The third-order valence-electron chi connectivity index (χ3n) is 6.16. The second kappa shape index (κ2) is 6.94. The van der Waals surface area contributed by atoms with Gasteiger partial charge in [0, 0.05) is 5.69 Å². The van der Waals surface area contributed by atoms with Crippen LogP contribution >= 0.6 is 0 Å². The van der Waals surface area contributed by atoms with Crippen LogP contribution in [0.15, 0.2) is 24.3 Å². The van der Waals surface area contributed by atoms with Crippen LogP contribution in [-0.4, -0.2) is 11.6 Å². The fraction of sp³-hybridized carbons (Fsp3) is 0.435. The lowest BCUT2D eigenvalue weighted by molar-refractivity contribution is -0.117. The van der Waals surface area contributed by atoms with Crippen LogP contribution in [0.1, 0.15) is 59.4 Å². The van der Waals surface area contributed by atoms with E-state index >= 15 is 0 Å². The van der Waals surface area contributed by atoms with Gasteiger partial charge in [0.15, 0.2) is 11.6 Å². The zero-order valence-electron chi connectivity index (χ0n) is 16.2.